The van der Waals surface area contributed by atoms with Crippen molar-refractivity contribution in [2.24, 2.45) is 5.10 Å². The van der Waals surface area contributed by atoms with Gasteiger partial charge in [-0.1, -0.05) is 6.07 Å². The second-order valence-corrected chi connectivity index (χ2v) is 3.04. The first kappa shape index (κ1) is 12.2. The van der Waals surface area contributed by atoms with Crippen LogP contribution in [-0.2, 0) is 9.53 Å². The number of nitrogens with one attached hydrogen (secondary N) is 1. The summed E-state index contributed by atoms with van der Waals surface area (Å²) in [5, 5.41) is 3.78. The minimum atomic E-state index is -0.494. The largest absolute Gasteiger partial charge is 0.461 e. The summed E-state index contributed by atoms with van der Waals surface area (Å²) in [6.45, 7) is 3.53. The highest BCUT2D eigenvalue weighted by Gasteiger charge is 2.05. The van der Waals surface area contributed by atoms with Gasteiger partial charge < -0.3 is 4.74 Å². The fourth-order valence-corrected chi connectivity index (χ4v) is 0.988. The second-order valence-electron chi connectivity index (χ2n) is 3.04. The minimum Gasteiger partial charge on any atom is -0.461 e. The molecule has 16 heavy (non-hydrogen) atoms. The van der Waals surface area contributed by atoms with E-state index in [2.05, 4.69) is 10.5 Å². The third kappa shape index (κ3) is 3.68. The molecular formula is C11H13FN2O2. The van der Waals surface area contributed by atoms with E-state index >= 15 is 0 Å². The van der Waals surface area contributed by atoms with Crippen molar-refractivity contribution < 1.29 is 13.9 Å². The maximum absolute atomic E-state index is 12.8. The molecule has 1 aromatic rings. The van der Waals surface area contributed by atoms with Gasteiger partial charge in [0, 0.05) is 0 Å². The SMILES string of the molecule is CCOC(=O)C(C)=NNc1cccc(F)c1. The third-order valence-electron chi connectivity index (χ3n) is 1.75. The molecule has 0 heterocycles. The molecule has 0 aliphatic rings. The van der Waals surface area contributed by atoms with E-state index in [0.717, 1.165) is 0 Å². The third-order valence-corrected chi connectivity index (χ3v) is 1.75. The summed E-state index contributed by atoms with van der Waals surface area (Å²) < 4.78 is 17.5. The molecule has 1 rings (SSSR count). The van der Waals surface area contributed by atoms with Gasteiger partial charge in [0.25, 0.3) is 0 Å². The van der Waals surface area contributed by atoms with Gasteiger partial charge in [-0.05, 0) is 32.0 Å². The molecule has 1 N–H and O–H groups in total. The number of anilines is 1. The number of hydrogen-bond donors (Lipinski definition) is 1. The fraction of sp³-hybridized carbons (Fsp3) is 0.273. The van der Waals surface area contributed by atoms with Crippen LogP contribution in [0.2, 0.25) is 0 Å². The summed E-state index contributed by atoms with van der Waals surface area (Å²) in [6, 6.07) is 5.80. The molecular weight excluding hydrogens is 211 g/mol. The smallest absolute Gasteiger partial charge is 0.354 e. The van der Waals surface area contributed by atoms with E-state index in [9.17, 15) is 9.18 Å². The highest BCUT2D eigenvalue weighted by atomic mass is 19.1. The van der Waals surface area contributed by atoms with Crippen molar-refractivity contribution in [2.45, 2.75) is 13.8 Å². The fourth-order valence-electron chi connectivity index (χ4n) is 0.988. The number of halogens is 1. The highest BCUT2D eigenvalue weighted by Crippen LogP contribution is 2.08. The van der Waals surface area contributed by atoms with Crippen molar-refractivity contribution in [1.29, 1.82) is 0 Å². The molecule has 1 aromatic carbocycles. The molecule has 0 spiro atoms. The number of nitrogens with zero attached hydrogens (tertiary/aromatic N) is 1. The van der Waals surface area contributed by atoms with E-state index in [-0.39, 0.29) is 11.5 Å². The standard InChI is InChI=1S/C11H13FN2O2/c1-3-16-11(15)8(2)13-14-10-6-4-5-9(12)7-10/h4-7,14H,3H2,1-2H3. The van der Waals surface area contributed by atoms with Crippen LogP contribution in [-0.4, -0.2) is 18.3 Å². The van der Waals surface area contributed by atoms with Crippen LogP contribution in [0.4, 0.5) is 10.1 Å². The molecule has 86 valence electrons. The molecule has 0 fully saturated rings. The van der Waals surface area contributed by atoms with Crippen molar-refractivity contribution in [3.63, 3.8) is 0 Å². The molecule has 0 saturated carbocycles. The zero-order valence-electron chi connectivity index (χ0n) is 9.16. The van der Waals surface area contributed by atoms with Crippen LogP contribution in [0.25, 0.3) is 0 Å². The van der Waals surface area contributed by atoms with E-state index in [4.69, 9.17) is 4.74 Å². The van der Waals surface area contributed by atoms with Gasteiger partial charge >= 0.3 is 5.97 Å². The number of rotatable bonds is 4. The maximum atomic E-state index is 12.8. The van der Waals surface area contributed by atoms with Gasteiger partial charge in [-0.25, -0.2) is 9.18 Å². The number of hydrogen-bond acceptors (Lipinski definition) is 4. The molecule has 0 bridgehead atoms. The molecule has 0 radical (unpaired) electrons. The topological polar surface area (TPSA) is 50.7 Å². The van der Waals surface area contributed by atoms with E-state index < -0.39 is 5.97 Å². The van der Waals surface area contributed by atoms with Gasteiger partial charge in [-0.3, -0.25) is 5.43 Å². The van der Waals surface area contributed by atoms with E-state index in [1.54, 1.807) is 19.1 Å². The molecule has 5 heteroatoms. The lowest BCUT2D eigenvalue weighted by atomic mass is 10.3. The van der Waals surface area contributed by atoms with Crippen LogP contribution in [0.3, 0.4) is 0 Å². The maximum Gasteiger partial charge on any atom is 0.354 e. The lowest BCUT2D eigenvalue weighted by Crippen LogP contribution is -2.15. The Balaban J connectivity index is 2.62. The lowest BCUT2D eigenvalue weighted by molar-refractivity contribution is -0.135. The molecule has 0 aliphatic carbocycles. The monoisotopic (exact) mass is 224 g/mol. The Kier molecular flexibility index (Phi) is 4.44. The van der Waals surface area contributed by atoms with Crippen LogP contribution in [0.15, 0.2) is 29.4 Å². The molecule has 0 saturated heterocycles. The summed E-state index contributed by atoms with van der Waals surface area (Å²) in [4.78, 5) is 11.2. The van der Waals surface area contributed by atoms with Gasteiger partial charge in [-0.2, -0.15) is 5.10 Å². The summed E-state index contributed by atoms with van der Waals surface area (Å²) >= 11 is 0. The van der Waals surface area contributed by atoms with Gasteiger partial charge in [0.2, 0.25) is 0 Å². The van der Waals surface area contributed by atoms with Crippen LogP contribution in [0, 0.1) is 5.82 Å². The van der Waals surface area contributed by atoms with Gasteiger partial charge in [0.15, 0.2) is 0 Å². The van der Waals surface area contributed by atoms with Gasteiger partial charge in [0.1, 0.15) is 11.5 Å². The summed E-state index contributed by atoms with van der Waals surface area (Å²) in [5.74, 6) is -0.861. The van der Waals surface area contributed by atoms with Crippen LogP contribution >= 0.6 is 0 Å². The molecule has 4 nitrogen and oxygen atoms in total. The number of esters is 1. The Morgan fingerprint density at radius 2 is 2.31 bits per heavy atom. The molecule has 0 unspecified atom stereocenters. The Morgan fingerprint density at radius 3 is 2.94 bits per heavy atom. The Hall–Kier alpha value is -1.91. The average molecular weight is 224 g/mol. The van der Waals surface area contributed by atoms with Crippen molar-refractivity contribution in [3.05, 3.63) is 30.1 Å². The molecule has 0 aliphatic heterocycles. The number of carbonyl (C=O) groups is 1. The normalized spacial score (nSPS) is 11.1. The number of hydrazone groups is 1. The van der Waals surface area contributed by atoms with Crippen molar-refractivity contribution in [2.75, 3.05) is 12.0 Å². The molecule has 0 aromatic heterocycles. The number of carbonyl (C=O) groups excluding carboxylic acids is 1. The van der Waals surface area contributed by atoms with Crippen molar-refractivity contribution in [3.8, 4) is 0 Å². The van der Waals surface area contributed by atoms with Crippen LogP contribution < -0.4 is 5.43 Å². The first-order valence-corrected chi connectivity index (χ1v) is 4.86. The minimum absolute atomic E-state index is 0.186. The van der Waals surface area contributed by atoms with Gasteiger partial charge in [-0.15, -0.1) is 0 Å². The summed E-state index contributed by atoms with van der Waals surface area (Å²) in [5.41, 5.74) is 3.23. The Bertz CT molecular complexity index is 405. The lowest BCUT2D eigenvalue weighted by Gasteiger charge is -2.03. The van der Waals surface area contributed by atoms with Crippen LogP contribution in [0.1, 0.15) is 13.8 Å². The zero-order valence-corrected chi connectivity index (χ0v) is 9.16. The molecule has 0 amide bonds. The predicted molar refractivity (Wildman–Crippen MR) is 59.8 cm³/mol. The van der Waals surface area contributed by atoms with Crippen molar-refractivity contribution in [1.82, 2.24) is 0 Å². The molecule has 0 atom stereocenters. The Morgan fingerprint density at radius 1 is 1.56 bits per heavy atom. The van der Waals surface area contributed by atoms with E-state index in [1.807, 2.05) is 0 Å². The average Bonchev–Trinajstić information content (AvgIpc) is 2.26. The van der Waals surface area contributed by atoms with E-state index in [1.165, 1.54) is 19.1 Å². The predicted octanol–water partition coefficient (Wildman–Crippen LogP) is 2.18. The summed E-state index contributed by atoms with van der Waals surface area (Å²) in [6.07, 6.45) is 0. The number of benzene rings is 1. The van der Waals surface area contributed by atoms with Crippen molar-refractivity contribution >= 4 is 17.4 Å². The summed E-state index contributed by atoms with van der Waals surface area (Å²) in [7, 11) is 0. The highest BCUT2D eigenvalue weighted by molar-refractivity contribution is 6.35. The zero-order chi connectivity index (χ0) is 12.0. The second kappa shape index (κ2) is 5.85. The van der Waals surface area contributed by atoms with E-state index in [0.29, 0.717) is 12.3 Å². The quantitative estimate of drug-likeness (QED) is 0.484. The first-order valence-electron chi connectivity index (χ1n) is 4.86. The van der Waals surface area contributed by atoms with Gasteiger partial charge in [0.05, 0.1) is 12.3 Å². The number of ether oxygens (including phenoxy) is 1. The first-order chi connectivity index (χ1) is 7.63. The van der Waals surface area contributed by atoms with Crippen LogP contribution in [0.5, 0.6) is 0 Å². The Labute approximate surface area is 93.1 Å².